The summed E-state index contributed by atoms with van der Waals surface area (Å²) in [6.45, 7) is 7.06. The summed E-state index contributed by atoms with van der Waals surface area (Å²) in [5.41, 5.74) is 5.97. The number of nitrogens with one attached hydrogen (secondary N) is 1. The lowest BCUT2D eigenvalue weighted by Crippen LogP contribution is -2.17. The molecule has 0 bridgehead atoms. The molecule has 0 aliphatic heterocycles. The topological polar surface area (TPSA) is 59.3 Å². The Labute approximate surface area is 147 Å². The van der Waals surface area contributed by atoms with Crippen molar-refractivity contribution in [1.29, 1.82) is 0 Å². The maximum absolute atomic E-state index is 12.0. The van der Waals surface area contributed by atoms with Crippen molar-refractivity contribution >= 4 is 23.7 Å². The second-order valence-corrected chi connectivity index (χ2v) is 6.16. The van der Waals surface area contributed by atoms with Crippen molar-refractivity contribution in [3.8, 4) is 0 Å². The van der Waals surface area contributed by atoms with Crippen molar-refractivity contribution in [3.05, 3.63) is 51.8 Å². The van der Waals surface area contributed by atoms with Gasteiger partial charge in [-0.15, -0.1) is 0 Å². The number of nitrogens with zero attached hydrogens (tertiary/aromatic N) is 3. The third-order valence-electron chi connectivity index (χ3n) is 3.88. The van der Waals surface area contributed by atoms with E-state index in [0.29, 0.717) is 10.6 Å². The standard InChI is InChI=1S/C18H23ClN4O/c1-4-5-6-11-23-14(3)17(13(2)22-23)12-20-21-18(24)15-7-9-16(19)10-8-15/h7-10,12H,4-6,11H2,1-3H3,(H,21,24)/b20-12+. The molecule has 0 unspecified atom stereocenters. The number of halogens is 1. The van der Waals surface area contributed by atoms with E-state index in [1.807, 2.05) is 18.5 Å². The molecule has 1 aromatic heterocycles. The van der Waals surface area contributed by atoms with Crippen LogP contribution in [-0.4, -0.2) is 21.9 Å². The van der Waals surface area contributed by atoms with Crippen LogP contribution >= 0.6 is 11.6 Å². The molecule has 0 aliphatic carbocycles. The van der Waals surface area contributed by atoms with Gasteiger partial charge in [-0.25, -0.2) is 5.43 Å². The first-order valence-electron chi connectivity index (χ1n) is 8.16. The minimum absolute atomic E-state index is 0.270. The van der Waals surface area contributed by atoms with Crippen LogP contribution in [0.25, 0.3) is 0 Å². The maximum Gasteiger partial charge on any atom is 0.271 e. The first-order valence-corrected chi connectivity index (χ1v) is 8.53. The van der Waals surface area contributed by atoms with E-state index in [2.05, 4.69) is 22.5 Å². The van der Waals surface area contributed by atoms with Crippen LogP contribution in [0, 0.1) is 13.8 Å². The van der Waals surface area contributed by atoms with Crippen LogP contribution in [0.2, 0.25) is 5.02 Å². The zero-order chi connectivity index (χ0) is 17.5. The highest BCUT2D eigenvalue weighted by atomic mass is 35.5. The van der Waals surface area contributed by atoms with E-state index in [-0.39, 0.29) is 5.91 Å². The quantitative estimate of drug-likeness (QED) is 0.466. The third-order valence-corrected chi connectivity index (χ3v) is 4.13. The number of carbonyl (C=O) groups is 1. The number of rotatable bonds is 7. The number of aryl methyl sites for hydroxylation is 2. The highest BCUT2D eigenvalue weighted by Gasteiger charge is 2.09. The third kappa shape index (κ3) is 4.68. The van der Waals surface area contributed by atoms with Crippen LogP contribution in [0.3, 0.4) is 0 Å². The molecule has 2 aromatic rings. The van der Waals surface area contributed by atoms with Gasteiger partial charge in [0.25, 0.3) is 5.91 Å². The van der Waals surface area contributed by atoms with Gasteiger partial charge in [-0.2, -0.15) is 10.2 Å². The van der Waals surface area contributed by atoms with Gasteiger partial charge in [0.1, 0.15) is 0 Å². The number of benzene rings is 1. The summed E-state index contributed by atoms with van der Waals surface area (Å²) in [6.07, 6.45) is 5.15. The molecule has 1 N–H and O–H groups in total. The number of hydrazone groups is 1. The second kappa shape index (κ2) is 8.64. The summed E-state index contributed by atoms with van der Waals surface area (Å²) < 4.78 is 2.01. The predicted molar refractivity (Wildman–Crippen MR) is 97.7 cm³/mol. The Balaban J connectivity index is 2.01. The fraction of sp³-hybridized carbons (Fsp3) is 0.389. The highest BCUT2D eigenvalue weighted by molar-refractivity contribution is 6.30. The van der Waals surface area contributed by atoms with E-state index in [1.54, 1.807) is 30.5 Å². The molecule has 2 rings (SSSR count). The van der Waals surface area contributed by atoms with Crippen molar-refractivity contribution in [2.75, 3.05) is 0 Å². The van der Waals surface area contributed by atoms with Crippen LogP contribution < -0.4 is 5.43 Å². The molecule has 0 spiro atoms. The number of amides is 1. The zero-order valence-electron chi connectivity index (χ0n) is 14.3. The van der Waals surface area contributed by atoms with E-state index < -0.39 is 0 Å². The fourth-order valence-electron chi connectivity index (χ4n) is 2.45. The Hall–Kier alpha value is -2.14. The van der Waals surface area contributed by atoms with Gasteiger partial charge in [-0.1, -0.05) is 31.4 Å². The smallest absolute Gasteiger partial charge is 0.269 e. The number of unbranched alkanes of at least 4 members (excludes halogenated alkanes) is 2. The van der Waals surface area contributed by atoms with Crippen LogP contribution in [0.15, 0.2) is 29.4 Å². The first kappa shape index (κ1) is 18.2. The van der Waals surface area contributed by atoms with E-state index in [4.69, 9.17) is 11.6 Å². The Morgan fingerprint density at radius 2 is 2.00 bits per heavy atom. The summed E-state index contributed by atoms with van der Waals surface area (Å²) in [4.78, 5) is 12.0. The SMILES string of the molecule is CCCCCn1nc(C)c(/C=N/NC(=O)c2ccc(Cl)cc2)c1C. The number of hydrogen-bond acceptors (Lipinski definition) is 3. The summed E-state index contributed by atoms with van der Waals surface area (Å²) in [7, 11) is 0. The number of carbonyl (C=O) groups excluding carboxylic acids is 1. The molecule has 0 aliphatic rings. The summed E-state index contributed by atoms with van der Waals surface area (Å²) in [5, 5.41) is 9.20. The minimum Gasteiger partial charge on any atom is -0.269 e. The number of aromatic nitrogens is 2. The van der Waals surface area contributed by atoms with Crippen LogP contribution in [0.1, 0.15) is 53.5 Å². The zero-order valence-corrected chi connectivity index (χ0v) is 15.1. The van der Waals surface area contributed by atoms with Gasteiger partial charge in [0.2, 0.25) is 0 Å². The van der Waals surface area contributed by atoms with E-state index in [9.17, 15) is 4.79 Å². The van der Waals surface area contributed by atoms with E-state index in [0.717, 1.165) is 29.9 Å². The van der Waals surface area contributed by atoms with Crippen LogP contribution in [-0.2, 0) is 6.54 Å². The minimum atomic E-state index is -0.270. The lowest BCUT2D eigenvalue weighted by Gasteiger charge is -2.03. The normalized spacial score (nSPS) is 11.2. The van der Waals surface area contributed by atoms with Gasteiger partial charge in [-0.05, 0) is 44.5 Å². The molecule has 1 aromatic carbocycles. The largest absolute Gasteiger partial charge is 0.271 e. The Morgan fingerprint density at radius 3 is 2.67 bits per heavy atom. The van der Waals surface area contributed by atoms with Gasteiger partial charge in [0.05, 0.1) is 11.9 Å². The Bertz CT molecular complexity index is 719. The molecule has 5 nitrogen and oxygen atoms in total. The second-order valence-electron chi connectivity index (χ2n) is 5.72. The van der Waals surface area contributed by atoms with Gasteiger partial charge >= 0.3 is 0 Å². The molecule has 1 amide bonds. The molecule has 0 radical (unpaired) electrons. The van der Waals surface area contributed by atoms with E-state index >= 15 is 0 Å². The molecule has 0 fully saturated rings. The molecule has 128 valence electrons. The molecular weight excluding hydrogens is 324 g/mol. The molecule has 6 heteroatoms. The maximum atomic E-state index is 12.0. The lowest BCUT2D eigenvalue weighted by molar-refractivity contribution is 0.0955. The van der Waals surface area contributed by atoms with Crippen LogP contribution in [0.5, 0.6) is 0 Å². The molecule has 0 saturated carbocycles. The van der Waals surface area contributed by atoms with Gasteiger partial charge < -0.3 is 0 Å². The Morgan fingerprint density at radius 1 is 1.29 bits per heavy atom. The Kier molecular flexibility index (Phi) is 6.55. The molecule has 0 atom stereocenters. The lowest BCUT2D eigenvalue weighted by atomic mass is 10.2. The summed E-state index contributed by atoms with van der Waals surface area (Å²) in [6, 6.07) is 6.68. The van der Waals surface area contributed by atoms with Crippen molar-refractivity contribution in [1.82, 2.24) is 15.2 Å². The van der Waals surface area contributed by atoms with E-state index in [1.165, 1.54) is 12.8 Å². The van der Waals surface area contributed by atoms with Crippen molar-refractivity contribution in [2.45, 2.75) is 46.6 Å². The van der Waals surface area contributed by atoms with Crippen molar-refractivity contribution < 1.29 is 4.79 Å². The molecule has 0 saturated heterocycles. The summed E-state index contributed by atoms with van der Waals surface area (Å²) in [5.74, 6) is -0.270. The molecule has 24 heavy (non-hydrogen) atoms. The fourth-order valence-corrected chi connectivity index (χ4v) is 2.57. The van der Waals surface area contributed by atoms with Crippen molar-refractivity contribution in [3.63, 3.8) is 0 Å². The predicted octanol–water partition coefficient (Wildman–Crippen LogP) is 4.11. The monoisotopic (exact) mass is 346 g/mol. The van der Waals surface area contributed by atoms with Gasteiger partial charge in [-0.3, -0.25) is 9.48 Å². The molecule has 1 heterocycles. The first-order chi connectivity index (χ1) is 11.5. The van der Waals surface area contributed by atoms with Crippen molar-refractivity contribution in [2.24, 2.45) is 5.10 Å². The molecular formula is C18H23ClN4O. The number of hydrogen-bond donors (Lipinski definition) is 1. The van der Waals surface area contributed by atoms with Gasteiger partial charge in [0.15, 0.2) is 0 Å². The average Bonchev–Trinajstić information content (AvgIpc) is 2.83. The average molecular weight is 347 g/mol. The van der Waals surface area contributed by atoms with Gasteiger partial charge in [0, 0.05) is 28.4 Å². The van der Waals surface area contributed by atoms with Crippen LogP contribution in [0.4, 0.5) is 0 Å². The highest BCUT2D eigenvalue weighted by Crippen LogP contribution is 2.12. The summed E-state index contributed by atoms with van der Waals surface area (Å²) >= 11 is 5.81.